The molecule has 56 valence electrons. The average molecular weight is 146 g/mol. The van der Waals surface area contributed by atoms with E-state index in [0.717, 1.165) is 6.61 Å². The highest BCUT2D eigenvalue weighted by atomic mass is 16.5. The second-order valence-electron chi connectivity index (χ2n) is 2.59. The first kappa shape index (κ1) is 6.62. The van der Waals surface area contributed by atoms with Gasteiger partial charge in [0.15, 0.2) is 0 Å². The topological polar surface area (TPSA) is 9.23 Å². The first-order valence-corrected chi connectivity index (χ1v) is 3.80. The van der Waals surface area contributed by atoms with E-state index in [2.05, 4.69) is 24.3 Å². The first-order chi connectivity index (χ1) is 5.47. The standard InChI is InChI=1S/C10H10O/c1-2-5-9(6-3-1)10-7-4-8-11-10/h1-7,10H,8H2. The van der Waals surface area contributed by atoms with Gasteiger partial charge in [-0.3, -0.25) is 0 Å². The lowest BCUT2D eigenvalue weighted by molar-refractivity contribution is 0.129. The molecule has 0 bridgehead atoms. The van der Waals surface area contributed by atoms with Crippen molar-refractivity contribution >= 4 is 0 Å². The highest BCUT2D eigenvalue weighted by Gasteiger charge is 2.10. The predicted octanol–water partition coefficient (Wildman–Crippen LogP) is 2.31. The molecule has 0 fully saturated rings. The van der Waals surface area contributed by atoms with Gasteiger partial charge in [0.1, 0.15) is 6.10 Å². The van der Waals surface area contributed by atoms with Crippen LogP contribution >= 0.6 is 0 Å². The van der Waals surface area contributed by atoms with E-state index >= 15 is 0 Å². The van der Waals surface area contributed by atoms with Gasteiger partial charge in [-0.25, -0.2) is 0 Å². The minimum absolute atomic E-state index is 0.191. The summed E-state index contributed by atoms with van der Waals surface area (Å²) in [4.78, 5) is 0. The molecule has 1 unspecified atom stereocenters. The summed E-state index contributed by atoms with van der Waals surface area (Å²) in [7, 11) is 0. The van der Waals surface area contributed by atoms with Crippen LogP contribution in [0.3, 0.4) is 0 Å². The van der Waals surface area contributed by atoms with Gasteiger partial charge in [-0.15, -0.1) is 0 Å². The summed E-state index contributed by atoms with van der Waals surface area (Å²) >= 11 is 0. The highest BCUT2D eigenvalue weighted by molar-refractivity contribution is 5.22. The molecule has 0 N–H and O–H groups in total. The van der Waals surface area contributed by atoms with Crippen molar-refractivity contribution in [1.82, 2.24) is 0 Å². The zero-order chi connectivity index (χ0) is 7.52. The van der Waals surface area contributed by atoms with Gasteiger partial charge < -0.3 is 4.74 Å². The smallest absolute Gasteiger partial charge is 0.101 e. The van der Waals surface area contributed by atoms with Crippen LogP contribution in [0.1, 0.15) is 11.7 Å². The van der Waals surface area contributed by atoms with Crippen molar-refractivity contribution in [2.45, 2.75) is 6.10 Å². The fraction of sp³-hybridized carbons (Fsp3) is 0.200. The van der Waals surface area contributed by atoms with Crippen LogP contribution in [0.5, 0.6) is 0 Å². The summed E-state index contributed by atoms with van der Waals surface area (Å²) in [5.74, 6) is 0. The Hall–Kier alpha value is -1.08. The molecule has 0 aliphatic carbocycles. The number of ether oxygens (including phenoxy) is 1. The molecule has 1 heterocycles. The van der Waals surface area contributed by atoms with Crippen LogP contribution in [-0.2, 0) is 4.74 Å². The van der Waals surface area contributed by atoms with E-state index in [1.165, 1.54) is 5.56 Å². The third-order valence-electron chi connectivity index (χ3n) is 1.81. The minimum Gasteiger partial charge on any atom is -0.365 e. The van der Waals surface area contributed by atoms with Gasteiger partial charge in [0.2, 0.25) is 0 Å². The summed E-state index contributed by atoms with van der Waals surface area (Å²) < 4.78 is 5.43. The molecule has 1 aliphatic heterocycles. The van der Waals surface area contributed by atoms with Crippen molar-refractivity contribution in [3.8, 4) is 0 Å². The van der Waals surface area contributed by atoms with E-state index in [4.69, 9.17) is 4.74 Å². The monoisotopic (exact) mass is 146 g/mol. The van der Waals surface area contributed by atoms with Crippen molar-refractivity contribution < 1.29 is 4.74 Å². The lowest BCUT2D eigenvalue weighted by Gasteiger charge is -2.06. The van der Waals surface area contributed by atoms with Crippen LogP contribution in [0.4, 0.5) is 0 Å². The lowest BCUT2D eigenvalue weighted by Crippen LogP contribution is -1.94. The molecule has 2 rings (SSSR count). The molecule has 1 aliphatic rings. The van der Waals surface area contributed by atoms with E-state index in [0.29, 0.717) is 0 Å². The van der Waals surface area contributed by atoms with Crippen LogP contribution in [0.15, 0.2) is 42.5 Å². The fourth-order valence-electron chi connectivity index (χ4n) is 1.24. The minimum atomic E-state index is 0.191. The highest BCUT2D eigenvalue weighted by Crippen LogP contribution is 2.21. The zero-order valence-electron chi connectivity index (χ0n) is 6.23. The summed E-state index contributed by atoms with van der Waals surface area (Å²) in [6.45, 7) is 0.750. The van der Waals surface area contributed by atoms with Crippen LogP contribution in [0.25, 0.3) is 0 Å². The normalized spacial score (nSPS) is 22.4. The number of rotatable bonds is 1. The summed E-state index contributed by atoms with van der Waals surface area (Å²) in [6.07, 6.45) is 4.34. The molecule has 1 aromatic rings. The number of hydrogen-bond donors (Lipinski definition) is 0. The molecule has 0 saturated carbocycles. The van der Waals surface area contributed by atoms with Gasteiger partial charge in [-0.05, 0) is 5.56 Å². The Balaban J connectivity index is 2.23. The molecule has 1 nitrogen and oxygen atoms in total. The van der Waals surface area contributed by atoms with Crippen LogP contribution < -0.4 is 0 Å². The second-order valence-corrected chi connectivity index (χ2v) is 2.59. The second kappa shape index (κ2) is 2.89. The van der Waals surface area contributed by atoms with E-state index < -0.39 is 0 Å². The molecule has 1 aromatic carbocycles. The van der Waals surface area contributed by atoms with Crippen molar-refractivity contribution in [1.29, 1.82) is 0 Å². The Labute approximate surface area is 66.3 Å². The van der Waals surface area contributed by atoms with Gasteiger partial charge in [-0.1, -0.05) is 42.5 Å². The molecular formula is C10H10O. The van der Waals surface area contributed by atoms with Crippen LogP contribution in [0.2, 0.25) is 0 Å². The Bertz CT molecular complexity index is 251. The third-order valence-corrected chi connectivity index (χ3v) is 1.81. The molecule has 1 heteroatoms. The van der Waals surface area contributed by atoms with Crippen LogP contribution in [0, 0.1) is 0 Å². The molecule has 0 amide bonds. The number of benzene rings is 1. The predicted molar refractivity (Wildman–Crippen MR) is 44.3 cm³/mol. The van der Waals surface area contributed by atoms with E-state index in [-0.39, 0.29) is 6.10 Å². The van der Waals surface area contributed by atoms with Gasteiger partial charge in [0.25, 0.3) is 0 Å². The zero-order valence-corrected chi connectivity index (χ0v) is 6.23. The third kappa shape index (κ3) is 1.33. The van der Waals surface area contributed by atoms with Gasteiger partial charge in [0, 0.05) is 0 Å². The summed E-state index contributed by atoms with van der Waals surface area (Å²) in [5, 5.41) is 0. The van der Waals surface area contributed by atoms with Crippen molar-refractivity contribution in [3.63, 3.8) is 0 Å². The Morgan fingerprint density at radius 2 is 2.00 bits per heavy atom. The SMILES string of the molecule is C1=CC(c2ccccc2)OC1. The summed E-state index contributed by atoms with van der Waals surface area (Å²) in [6, 6.07) is 10.2. The van der Waals surface area contributed by atoms with Crippen molar-refractivity contribution in [2.75, 3.05) is 6.61 Å². The fourth-order valence-corrected chi connectivity index (χ4v) is 1.24. The van der Waals surface area contributed by atoms with E-state index in [9.17, 15) is 0 Å². The van der Waals surface area contributed by atoms with E-state index in [1.807, 2.05) is 18.2 Å². The molecule has 11 heavy (non-hydrogen) atoms. The van der Waals surface area contributed by atoms with Gasteiger partial charge in [0.05, 0.1) is 6.61 Å². The lowest BCUT2D eigenvalue weighted by atomic mass is 10.1. The largest absolute Gasteiger partial charge is 0.365 e. The molecule has 0 radical (unpaired) electrons. The Morgan fingerprint density at radius 3 is 2.64 bits per heavy atom. The summed E-state index contributed by atoms with van der Waals surface area (Å²) in [5.41, 5.74) is 1.24. The maximum absolute atomic E-state index is 5.43. The van der Waals surface area contributed by atoms with Crippen molar-refractivity contribution in [2.24, 2.45) is 0 Å². The van der Waals surface area contributed by atoms with Crippen molar-refractivity contribution in [3.05, 3.63) is 48.0 Å². The van der Waals surface area contributed by atoms with E-state index in [1.54, 1.807) is 0 Å². The quantitative estimate of drug-likeness (QED) is 0.552. The molecule has 0 saturated heterocycles. The molecule has 0 spiro atoms. The Morgan fingerprint density at radius 1 is 1.18 bits per heavy atom. The van der Waals surface area contributed by atoms with Gasteiger partial charge >= 0.3 is 0 Å². The molecular weight excluding hydrogens is 136 g/mol. The Kier molecular flexibility index (Phi) is 1.74. The average Bonchev–Trinajstić information content (AvgIpc) is 2.58. The first-order valence-electron chi connectivity index (χ1n) is 3.80. The number of hydrogen-bond acceptors (Lipinski definition) is 1. The van der Waals surface area contributed by atoms with Crippen LogP contribution in [-0.4, -0.2) is 6.61 Å². The molecule has 0 aromatic heterocycles. The van der Waals surface area contributed by atoms with Gasteiger partial charge in [-0.2, -0.15) is 0 Å². The molecule has 1 atom stereocenters. The maximum Gasteiger partial charge on any atom is 0.101 e. The maximum atomic E-state index is 5.43.